The Morgan fingerprint density at radius 3 is 2.55 bits per heavy atom. The van der Waals surface area contributed by atoms with Gasteiger partial charge in [-0.3, -0.25) is 4.99 Å². The van der Waals surface area contributed by atoms with Crippen LogP contribution in [0, 0.1) is 5.92 Å². The first-order chi connectivity index (χ1) is 9.28. The first-order valence-corrected chi connectivity index (χ1v) is 7.94. The third kappa shape index (κ3) is 6.16. The van der Waals surface area contributed by atoms with E-state index in [0.717, 1.165) is 38.0 Å². The SMILES string of the molecule is CCNC(=NCC1CCCO1)NC1CCC(C)CC1.I. The fraction of sp³-hybridized carbons (Fsp3) is 0.933. The maximum atomic E-state index is 5.62. The summed E-state index contributed by atoms with van der Waals surface area (Å²) in [4.78, 5) is 4.68. The van der Waals surface area contributed by atoms with E-state index in [9.17, 15) is 0 Å². The van der Waals surface area contributed by atoms with Gasteiger partial charge in [0.05, 0.1) is 12.6 Å². The van der Waals surface area contributed by atoms with E-state index in [1.807, 2.05) is 0 Å². The summed E-state index contributed by atoms with van der Waals surface area (Å²) >= 11 is 0. The monoisotopic (exact) mass is 395 g/mol. The molecule has 5 heteroatoms. The van der Waals surface area contributed by atoms with Crippen molar-refractivity contribution in [2.75, 3.05) is 19.7 Å². The molecule has 118 valence electrons. The van der Waals surface area contributed by atoms with E-state index in [4.69, 9.17) is 4.74 Å². The van der Waals surface area contributed by atoms with Gasteiger partial charge in [0.2, 0.25) is 0 Å². The minimum Gasteiger partial charge on any atom is -0.376 e. The number of nitrogens with zero attached hydrogens (tertiary/aromatic N) is 1. The molecule has 0 amide bonds. The highest BCUT2D eigenvalue weighted by molar-refractivity contribution is 14.0. The molecule has 2 aliphatic rings. The van der Waals surface area contributed by atoms with E-state index in [1.165, 1.54) is 32.1 Å². The van der Waals surface area contributed by atoms with Crippen LogP contribution in [0.5, 0.6) is 0 Å². The van der Waals surface area contributed by atoms with E-state index in [-0.39, 0.29) is 24.0 Å². The largest absolute Gasteiger partial charge is 0.376 e. The standard InChI is InChI=1S/C15H29N3O.HI/c1-3-16-15(17-11-14-5-4-10-19-14)18-13-8-6-12(2)7-9-13;/h12-14H,3-11H2,1-2H3,(H2,16,17,18);1H. The maximum absolute atomic E-state index is 5.62. The Hall–Kier alpha value is -0.0400. The summed E-state index contributed by atoms with van der Waals surface area (Å²) in [5, 5.41) is 6.93. The number of halogens is 1. The van der Waals surface area contributed by atoms with Crippen molar-refractivity contribution in [3.8, 4) is 0 Å². The molecule has 2 fully saturated rings. The van der Waals surface area contributed by atoms with Gasteiger partial charge in [-0.05, 0) is 51.4 Å². The lowest BCUT2D eigenvalue weighted by Gasteiger charge is -2.28. The predicted molar refractivity (Wildman–Crippen MR) is 94.9 cm³/mol. The summed E-state index contributed by atoms with van der Waals surface area (Å²) in [6.07, 6.45) is 7.89. The number of ether oxygens (including phenoxy) is 1. The van der Waals surface area contributed by atoms with Crippen LogP contribution in [0.15, 0.2) is 4.99 Å². The molecule has 0 aromatic heterocycles. The van der Waals surface area contributed by atoms with Crippen LogP contribution in [0.4, 0.5) is 0 Å². The molecule has 0 spiro atoms. The molecule has 1 saturated heterocycles. The Labute approximate surface area is 140 Å². The second-order valence-electron chi connectivity index (χ2n) is 5.96. The van der Waals surface area contributed by atoms with Crippen molar-refractivity contribution in [2.24, 2.45) is 10.9 Å². The highest BCUT2D eigenvalue weighted by atomic mass is 127. The van der Waals surface area contributed by atoms with Gasteiger partial charge in [0.1, 0.15) is 0 Å². The summed E-state index contributed by atoms with van der Waals surface area (Å²) in [6, 6.07) is 0.596. The molecule has 4 nitrogen and oxygen atoms in total. The van der Waals surface area contributed by atoms with Gasteiger partial charge < -0.3 is 15.4 Å². The normalized spacial score (nSPS) is 30.7. The predicted octanol–water partition coefficient (Wildman–Crippen LogP) is 2.92. The van der Waals surface area contributed by atoms with Crippen molar-refractivity contribution in [3.05, 3.63) is 0 Å². The van der Waals surface area contributed by atoms with Gasteiger partial charge in [0.25, 0.3) is 0 Å². The number of hydrogen-bond donors (Lipinski definition) is 2. The first-order valence-electron chi connectivity index (χ1n) is 7.94. The molecule has 1 heterocycles. The zero-order chi connectivity index (χ0) is 13.5. The fourth-order valence-corrected chi connectivity index (χ4v) is 2.90. The van der Waals surface area contributed by atoms with Crippen LogP contribution >= 0.6 is 24.0 Å². The molecule has 2 N–H and O–H groups in total. The van der Waals surface area contributed by atoms with E-state index in [2.05, 4.69) is 29.5 Å². The number of aliphatic imine (C=N–C) groups is 1. The van der Waals surface area contributed by atoms with Crippen molar-refractivity contribution in [1.29, 1.82) is 0 Å². The van der Waals surface area contributed by atoms with Gasteiger partial charge in [0.15, 0.2) is 5.96 Å². The van der Waals surface area contributed by atoms with E-state index in [0.29, 0.717) is 12.1 Å². The van der Waals surface area contributed by atoms with Gasteiger partial charge in [0, 0.05) is 19.2 Å². The average molecular weight is 395 g/mol. The van der Waals surface area contributed by atoms with E-state index >= 15 is 0 Å². The smallest absolute Gasteiger partial charge is 0.191 e. The molecule has 1 atom stereocenters. The van der Waals surface area contributed by atoms with E-state index < -0.39 is 0 Å². The number of nitrogens with one attached hydrogen (secondary N) is 2. The molecule has 1 aliphatic carbocycles. The number of guanidine groups is 1. The van der Waals surface area contributed by atoms with Crippen molar-refractivity contribution < 1.29 is 4.74 Å². The molecule has 2 rings (SSSR count). The van der Waals surface area contributed by atoms with E-state index in [1.54, 1.807) is 0 Å². The molecular weight excluding hydrogens is 365 g/mol. The summed E-state index contributed by atoms with van der Waals surface area (Å²) in [5.41, 5.74) is 0. The van der Waals surface area contributed by atoms with Crippen molar-refractivity contribution in [1.82, 2.24) is 10.6 Å². The van der Waals surface area contributed by atoms with Crippen LogP contribution in [-0.4, -0.2) is 37.8 Å². The maximum Gasteiger partial charge on any atom is 0.191 e. The summed E-state index contributed by atoms with van der Waals surface area (Å²) < 4.78 is 5.62. The molecule has 0 bridgehead atoms. The molecule has 1 unspecified atom stereocenters. The molecule has 0 aromatic rings. The van der Waals surface area contributed by atoms with Crippen LogP contribution in [0.2, 0.25) is 0 Å². The number of hydrogen-bond acceptors (Lipinski definition) is 2. The topological polar surface area (TPSA) is 45.7 Å². The molecule has 0 aromatic carbocycles. The second kappa shape index (κ2) is 9.82. The quantitative estimate of drug-likeness (QED) is 0.437. The second-order valence-corrected chi connectivity index (χ2v) is 5.96. The third-order valence-corrected chi connectivity index (χ3v) is 4.18. The fourth-order valence-electron chi connectivity index (χ4n) is 2.90. The van der Waals surface area contributed by atoms with Gasteiger partial charge in [-0.25, -0.2) is 0 Å². The van der Waals surface area contributed by atoms with Crippen molar-refractivity contribution in [2.45, 2.75) is 64.5 Å². The molecular formula is C15H30IN3O. The van der Waals surface area contributed by atoms with Gasteiger partial charge >= 0.3 is 0 Å². The van der Waals surface area contributed by atoms with Crippen LogP contribution < -0.4 is 10.6 Å². The first kappa shape index (κ1) is 18.0. The molecule has 0 radical (unpaired) electrons. The molecule has 1 aliphatic heterocycles. The van der Waals surface area contributed by atoms with Crippen LogP contribution in [0.1, 0.15) is 52.4 Å². The van der Waals surface area contributed by atoms with Gasteiger partial charge in [-0.1, -0.05) is 6.92 Å². The van der Waals surface area contributed by atoms with Crippen molar-refractivity contribution in [3.63, 3.8) is 0 Å². The summed E-state index contributed by atoms with van der Waals surface area (Å²) in [6.45, 7) is 7.09. The zero-order valence-electron chi connectivity index (χ0n) is 12.9. The number of rotatable bonds is 4. The molecule has 20 heavy (non-hydrogen) atoms. The Bertz CT molecular complexity index is 285. The summed E-state index contributed by atoms with van der Waals surface area (Å²) in [5.74, 6) is 1.86. The highest BCUT2D eigenvalue weighted by Crippen LogP contribution is 2.23. The summed E-state index contributed by atoms with van der Waals surface area (Å²) in [7, 11) is 0. The van der Waals surface area contributed by atoms with Gasteiger partial charge in [-0.2, -0.15) is 0 Å². The molecule has 1 saturated carbocycles. The highest BCUT2D eigenvalue weighted by Gasteiger charge is 2.19. The third-order valence-electron chi connectivity index (χ3n) is 4.18. The van der Waals surface area contributed by atoms with Crippen LogP contribution in [0.25, 0.3) is 0 Å². The Morgan fingerprint density at radius 2 is 1.95 bits per heavy atom. The Balaban J connectivity index is 0.00000200. The lowest BCUT2D eigenvalue weighted by molar-refractivity contribution is 0.117. The van der Waals surface area contributed by atoms with Gasteiger partial charge in [-0.15, -0.1) is 24.0 Å². The van der Waals surface area contributed by atoms with Crippen LogP contribution in [-0.2, 0) is 4.74 Å². The van der Waals surface area contributed by atoms with Crippen LogP contribution in [0.3, 0.4) is 0 Å². The Kier molecular flexibility index (Phi) is 8.84. The lowest BCUT2D eigenvalue weighted by atomic mass is 9.87. The minimum atomic E-state index is 0. The minimum absolute atomic E-state index is 0. The van der Waals surface area contributed by atoms with Crippen molar-refractivity contribution >= 4 is 29.9 Å². The Morgan fingerprint density at radius 1 is 1.20 bits per heavy atom. The lowest BCUT2D eigenvalue weighted by Crippen LogP contribution is -2.45. The average Bonchev–Trinajstić information content (AvgIpc) is 2.92. The zero-order valence-corrected chi connectivity index (χ0v) is 15.2.